The number of hydrogen-bond acceptors (Lipinski definition) is 5. The second-order valence-corrected chi connectivity index (χ2v) is 5.44. The average molecular weight is 311 g/mol. The van der Waals surface area contributed by atoms with E-state index in [4.69, 9.17) is 9.47 Å². The van der Waals surface area contributed by atoms with Crippen molar-refractivity contribution in [2.75, 3.05) is 7.11 Å². The fourth-order valence-corrected chi connectivity index (χ4v) is 2.62. The first kappa shape index (κ1) is 14.3. The summed E-state index contributed by atoms with van der Waals surface area (Å²) >= 11 is 1.54. The van der Waals surface area contributed by atoms with Crippen molar-refractivity contribution in [1.29, 1.82) is 0 Å². The molecule has 1 aliphatic heterocycles. The van der Waals surface area contributed by atoms with Crippen LogP contribution in [0, 0.1) is 0 Å². The van der Waals surface area contributed by atoms with E-state index in [0.29, 0.717) is 5.70 Å². The molecule has 110 valence electrons. The van der Waals surface area contributed by atoms with Gasteiger partial charge in [-0.15, -0.1) is 11.3 Å². The zero-order valence-electron chi connectivity index (χ0n) is 11.9. The highest BCUT2D eigenvalue weighted by Crippen LogP contribution is 2.21. The zero-order valence-corrected chi connectivity index (χ0v) is 12.7. The van der Waals surface area contributed by atoms with Crippen LogP contribution in [0.3, 0.4) is 0 Å². The molecule has 2 heterocycles. The highest BCUT2D eigenvalue weighted by Gasteiger charge is 2.21. The molecule has 0 unspecified atom stereocenters. The summed E-state index contributed by atoms with van der Waals surface area (Å²) in [5.41, 5.74) is 1.20. The molecule has 0 N–H and O–H groups in total. The molecule has 0 radical (unpaired) electrons. The highest BCUT2D eigenvalue weighted by atomic mass is 32.1. The lowest BCUT2D eigenvalue weighted by molar-refractivity contribution is -0.129. The summed E-state index contributed by atoms with van der Waals surface area (Å²) in [7, 11) is 1.61. The molecule has 0 bridgehead atoms. The number of hydrogen-bond donors (Lipinski definition) is 0. The summed E-state index contributed by atoms with van der Waals surface area (Å²) in [6, 6.07) is 11.4. The maximum Gasteiger partial charge on any atom is 0.363 e. The molecule has 1 aliphatic rings. The van der Waals surface area contributed by atoms with Crippen molar-refractivity contribution in [3.63, 3.8) is 0 Å². The predicted octanol–water partition coefficient (Wildman–Crippen LogP) is 3.77. The summed E-state index contributed by atoms with van der Waals surface area (Å²) in [6.07, 6.45) is 5.18. The summed E-state index contributed by atoms with van der Waals surface area (Å²) in [5.74, 6) is 0.588. The first-order valence-corrected chi connectivity index (χ1v) is 7.51. The van der Waals surface area contributed by atoms with E-state index in [1.165, 1.54) is 0 Å². The minimum atomic E-state index is -0.437. The van der Waals surface area contributed by atoms with Gasteiger partial charge in [-0.25, -0.2) is 9.79 Å². The van der Waals surface area contributed by atoms with Gasteiger partial charge in [0, 0.05) is 16.5 Å². The van der Waals surface area contributed by atoms with Crippen LogP contribution in [0.15, 0.2) is 58.5 Å². The Morgan fingerprint density at radius 3 is 2.82 bits per heavy atom. The van der Waals surface area contributed by atoms with E-state index in [1.54, 1.807) is 36.7 Å². The molecule has 0 fully saturated rings. The van der Waals surface area contributed by atoms with Gasteiger partial charge in [-0.3, -0.25) is 0 Å². The number of cyclic esters (lactones) is 1. The fraction of sp³-hybridized carbons (Fsp3) is 0.0588. The minimum absolute atomic E-state index is 0.277. The molecule has 1 aromatic heterocycles. The van der Waals surface area contributed by atoms with E-state index in [2.05, 4.69) is 4.99 Å². The first-order chi connectivity index (χ1) is 10.8. The standard InChI is InChI=1S/C17H13NO3S/c1-20-15-7-3-2-5-12(15)8-9-16-18-14(17(19)21-16)11-13-6-4-10-22-13/h2-11H,1H3/b9-8+,14-11?. The molecule has 3 rings (SSSR count). The monoisotopic (exact) mass is 311 g/mol. The molecule has 0 amide bonds. The number of esters is 1. The number of carbonyl (C=O) groups is 1. The first-order valence-electron chi connectivity index (χ1n) is 6.63. The van der Waals surface area contributed by atoms with Gasteiger partial charge in [0.1, 0.15) is 5.75 Å². The molecule has 0 atom stereocenters. The SMILES string of the molecule is COc1ccccc1/C=C/C1=NC(=Cc2cccs2)C(=O)O1. The van der Waals surface area contributed by atoms with Crippen LogP contribution in [-0.2, 0) is 9.53 Å². The van der Waals surface area contributed by atoms with Gasteiger partial charge in [-0.05, 0) is 29.7 Å². The average Bonchev–Trinajstić information content (AvgIpc) is 3.16. The van der Waals surface area contributed by atoms with E-state index < -0.39 is 5.97 Å². The summed E-state index contributed by atoms with van der Waals surface area (Å²) in [5, 5.41) is 1.94. The number of benzene rings is 1. The molecule has 22 heavy (non-hydrogen) atoms. The third-order valence-corrected chi connectivity index (χ3v) is 3.82. The molecule has 4 nitrogen and oxygen atoms in total. The van der Waals surface area contributed by atoms with Crippen molar-refractivity contribution in [1.82, 2.24) is 0 Å². The third-order valence-electron chi connectivity index (χ3n) is 3.00. The number of aliphatic imine (C=N–C) groups is 1. The third kappa shape index (κ3) is 3.15. The Hall–Kier alpha value is -2.66. The lowest BCUT2D eigenvalue weighted by atomic mass is 10.2. The number of nitrogens with zero attached hydrogens (tertiary/aromatic N) is 1. The maximum atomic E-state index is 11.8. The van der Waals surface area contributed by atoms with Crippen LogP contribution in [-0.4, -0.2) is 19.0 Å². The van der Waals surface area contributed by atoms with E-state index in [9.17, 15) is 4.79 Å². The Kier molecular flexibility index (Phi) is 4.16. The van der Waals surface area contributed by atoms with E-state index in [1.807, 2.05) is 41.8 Å². The number of thiophene rings is 1. The Labute approximate surface area is 132 Å². The number of para-hydroxylation sites is 1. The van der Waals surface area contributed by atoms with Crippen LogP contribution < -0.4 is 4.74 Å². The molecule has 0 saturated heterocycles. The van der Waals surface area contributed by atoms with E-state index in [0.717, 1.165) is 16.2 Å². The normalized spacial score (nSPS) is 16.1. The van der Waals surface area contributed by atoms with Crippen molar-refractivity contribution in [2.24, 2.45) is 4.99 Å². The second-order valence-electron chi connectivity index (χ2n) is 4.46. The summed E-state index contributed by atoms with van der Waals surface area (Å²) in [6.45, 7) is 0. The van der Waals surface area contributed by atoms with Crippen LogP contribution >= 0.6 is 11.3 Å². The van der Waals surface area contributed by atoms with Crippen LogP contribution in [0.25, 0.3) is 12.2 Å². The smallest absolute Gasteiger partial charge is 0.363 e. The number of ether oxygens (including phenoxy) is 2. The van der Waals surface area contributed by atoms with Crippen molar-refractivity contribution in [3.05, 3.63) is 64.0 Å². The Morgan fingerprint density at radius 1 is 1.18 bits per heavy atom. The van der Waals surface area contributed by atoms with Crippen LogP contribution in [0.1, 0.15) is 10.4 Å². The van der Waals surface area contributed by atoms with E-state index in [-0.39, 0.29) is 5.90 Å². The molecule has 0 aliphatic carbocycles. The predicted molar refractivity (Wildman–Crippen MR) is 87.9 cm³/mol. The van der Waals surface area contributed by atoms with Crippen LogP contribution in [0.2, 0.25) is 0 Å². The second kappa shape index (κ2) is 6.41. The molecular weight excluding hydrogens is 298 g/mol. The van der Waals surface area contributed by atoms with Crippen molar-refractivity contribution < 1.29 is 14.3 Å². The lowest BCUT2D eigenvalue weighted by Gasteiger charge is -2.02. The summed E-state index contributed by atoms with van der Waals surface area (Å²) < 4.78 is 10.4. The molecule has 0 saturated carbocycles. The Bertz CT molecular complexity index is 773. The van der Waals surface area contributed by atoms with Gasteiger partial charge >= 0.3 is 5.97 Å². The van der Waals surface area contributed by atoms with Crippen LogP contribution in [0.5, 0.6) is 5.75 Å². The van der Waals surface area contributed by atoms with Gasteiger partial charge < -0.3 is 9.47 Å². The lowest BCUT2D eigenvalue weighted by Crippen LogP contribution is -2.01. The van der Waals surface area contributed by atoms with Crippen LogP contribution in [0.4, 0.5) is 0 Å². The van der Waals surface area contributed by atoms with Gasteiger partial charge in [0.2, 0.25) is 5.90 Å². The number of carbonyl (C=O) groups excluding carboxylic acids is 1. The van der Waals surface area contributed by atoms with E-state index >= 15 is 0 Å². The maximum absolute atomic E-state index is 11.8. The van der Waals surface area contributed by atoms with Gasteiger partial charge in [-0.2, -0.15) is 0 Å². The fourth-order valence-electron chi connectivity index (χ4n) is 1.97. The topological polar surface area (TPSA) is 47.9 Å². The quantitative estimate of drug-likeness (QED) is 0.638. The molecular formula is C17H13NO3S. The summed E-state index contributed by atoms with van der Waals surface area (Å²) in [4.78, 5) is 16.9. The molecule has 1 aromatic carbocycles. The number of rotatable bonds is 4. The Balaban J connectivity index is 1.81. The van der Waals surface area contributed by atoms with Gasteiger partial charge in [-0.1, -0.05) is 24.3 Å². The minimum Gasteiger partial charge on any atom is -0.496 e. The highest BCUT2D eigenvalue weighted by molar-refractivity contribution is 7.10. The number of methoxy groups -OCH3 is 1. The molecule has 5 heteroatoms. The van der Waals surface area contributed by atoms with Crippen molar-refractivity contribution in [3.8, 4) is 5.75 Å². The van der Waals surface area contributed by atoms with Crippen molar-refractivity contribution >= 4 is 35.4 Å². The Morgan fingerprint density at radius 2 is 2.05 bits per heavy atom. The van der Waals surface area contributed by atoms with Gasteiger partial charge in [0.15, 0.2) is 5.70 Å². The van der Waals surface area contributed by atoms with Gasteiger partial charge in [0.05, 0.1) is 7.11 Å². The molecule has 2 aromatic rings. The van der Waals surface area contributed by atoms with Crippen molar-refractivity contribution in [2.45, 2.75) is 0 Å². The largest absolute Gasteiger partial charge is 0.496 e. The molecule has 0 spiro atoms. The zero-order chi connectivity index (χ0) is 15.4. The van der Waals surface area contributed by atoms with Gasteiger partial charge in [0.25, 0.3) is 0 Å².